The van der Waals surface area contributed by atoms with Crippen molar-refractivity contribution in [2.75, 3.05) is 13.7 Å². The van der Waals surface area contributed by atoms with Crippen LogP contribution in [0.4, 0.5) is 0 Å². The molecule has 0 saturated heterocycles. The van der Waals surface area contributed by atoms with E-state index in [1.807, 2.05) is 6.92 Å². The first-order valence-electron chi connectivity index (χ1n) is 12.8. The van der Waals surface area contributed by atoms with Crippen LogP contribution in [0.3, 0.4) is 0 Å². The smallest absolute Gasteiger partial charge is 0.155 e. The molecule has 4 heteroatoms. The number of methoxy groups -OCH3 is 1. The molecule has 30 heavy (non-hydrogen) atoms. The van der Waals surface area contributed by atoms with Gasteiger partial charge in [-0.1, -0.05) is 32.6 Å². The highest BCUT2D eigenvalue weighted by Crippen LogP contribution is 2.54. The van der Waals surface area contributed by atoms with Gasteiger partial charge in [0.2, 0.25) is 0 Å². The minimum Gasteiger partial charge on any atom is -0.356 e. The summed E-state index contributed by atoms with van der Waals surface area (Å²) in [6.45, 7) is 9.63. The minimum absolute atomic E-state index is 0.110. The fraction of sp³-hybridized carbons (Fsp3) is 1.00. The van der Waals surface area contributed by atoms with Gasteiger partial charge in [-0.2, -0.15) is 0 Å². The molecule has 4 saturated carbocycles. The SMILES string of the molecule is COC(C)OC1(C)CC2CCCC(COC(C)OC3C(C)CC4CCCC3C4)(C2)C1. The summed E-state index contributed by atoms with van der Waals surface area (Å²) in [4.78, 5) is 0. The Hall–Kier alpha value is -0.160. The predicted octanol–water partition coefficient (Wildman–Crippen LogP) is 6.32. The summed E-state index contributed by atoms with van der Waals surface area (Å²) in [5.74, 6) is 3.11. The molecule has 0 amide bonds. The van der Waals surface area contributed by atoms with E-state index in [2.05, 4.69) is 20.8 Å². The molecule has 0 aromatic carbocycles. The van der Waals surface area contributed by atoms with Crippen LogP contribution in [-0.4, -0.2) is 38.0 Å². The van der Waals surface area contributed by atoms with Crippen molar-refractivity contribution in [2.24, 2.45) is 29.1 Å². The van der Waals surface area contributed by atoms with E-state index in [1.54, 1.807) is 7.11 Å². The summed E-state index contributed by atoms with van der Waals surface area (Å²) >= 11 is 0. The average Bonchev–Trinajstić information content (AvgIpc) is 2.69. The maximum Gasteiger partial charge on any atom is 0.155 e. The Balaban J connectivity index is 1.34. The van der Waals surface area contributed by atoms with E-state index in [9.17, 15) is 0 Å². The lowest BCUT2D eigenvalue weighted by Crippen LogP contribution is -2.50. The average molecular weight is 423 g/mol. The summed E-state index contributed by atoms with van der Waals surface area (Å²) in [7, 11) is 1.73. The van der Waals surface area contributed by atoms with Gasteiger partial charge >= 0.3 is 0 Å². The summed E-state index contributed by atoms with van der Waals surface area (Å²) in [5, 5.41) is 0. The molecule has 174 valence electrons. The number of fused-ring (bicyclic) bond motifs is 4. The van der Waals surface area contributed by atoms with Crippen LogP contribution >= 0.6 is 0 Å². The van der Waals surface area contributed by atoms with E-state index in [4.69, 9.17) is 18.9 Å². The van der Waals surface area contributed by atoms with Gasteiger partial charge < -0.3 is 18.9 Å². The second-order valence-corrected chi connectivity index (χ2v) is 11.7. The van der Waals surface area contributed by atoms with Crippen molar-refractivity contribution in [1.29, 1.82) is 0 Å². The maximum atomic E-state index is 6.58. The molecule has 0 heterocycles. The first kappa shape index (κ1) is 23.0. The molecule has 0 radical (unpaired) electrons. The summed E-state index contributed by atoms with van der Waals surface area (Å²) in [6, 6.07) is 0. The lowest BCUT2D eigenvalue weighted by atomic mass is 9.58. The Morgan fingerprint density at radius 3 is 2.57 bits per heavy atom. The molecular formula is C26H46O4. The van der Waals surface area contributed by atoms with E-state index in [0.29, 0.717) is 12.0 Å². The third kappa shape index (κ3) is 5.24. The van der Waals surface area contributed by atoms with Gasteiger partial charge in [0.15, 0.2) is 12.6 Å². The van der Waals surface area contributed by atoms with Gasteiger partial charge in [-0.25, -0.2) is 0 Å². The van der Waals surface area contributed by atoms with E-state index >= 15 is 0 Å². The molecule has 9 atom stereocenters. The van der Waals surface area contributed by atoms with Gasteiger partial charge in [0.1, 0.15) is 0 Å². The molecule has 0 aromatic heterocycles. The topological polar surface area (TPSA) is 36.9 Å². The standard InChI is InChI=1S/C26H46O4/c1-18-12-21-8-6-10-23(13-21)24(18)29-20(3)28-17-26-11-7-9-22(15-26)14-25(4,16-26)30-19(2)27-5/h18-24H,6-17H2,1-5H3. The van der Waals surface area contributed by atoms with Gasteiger partial charge in [-0.05, 0) is 94.8 Å². The zero-order valence-corrected chi connectivity index (χ0v) is 20.2. The van der Waals surface area contributed by atoms with Crippen LogP contribution < -0.4 is 0 Å². The molecule has 4 aliphatic carbocycles. The van der Waals surface area contributed by atoms with Crippen molar-refractivity contribution in [3.05, 3.63) is 0 Å². The lowest BCUT2D eigenvalue weighted by Gasteiger charge is -2.53. The number of ether oxygens (including phenoxy) is 4. The second-order valence-electron chi connectivity index (χ2n) is 11.7. The van der Waals surface area contributed by atoms with Gasteiger partial charge in [0.25, 0.3) is 0 Å². The van der Waals surface area contributed by atoms with Crippen LogP contribution in [0.1, 0.15) is 98.3 Å². The van der Waals surface area contributed by atoms with Crippen molar-refractivity contribution >= 4 is 0 Å². The number of hydrogen-bond donors (Lipinski definition) is 0. The van der Waals surface area contributed by atoms with Gasteiger partial charge in [-0.15, -0.1) is 0 Å². The molecule has 4 aliphatic rings. The zero-order chi connectivity index (χ0) is 21.4. The molecule has 0 N–H and O–H groups in total. The van der Waals surface area contributed by atoms with Crippen LogP contribution in [0.25, 0.3) is 0 Å². The number of rotatable bonds is 8. The first-order valence-corrected chi connectivity index (χ1v) is 12.8. The molecule has 9 unspecified atom stereocenters. The Morgan fingerprint density at radius 2 is 1.77 bits per heavy atom. The van der Waals surface area contributed by atoms with E-state index < -0.39 is 0 Å². The summed E-state index contributed by atoms with van der Waals surface area (Å²) in [6.07, 6.45) is 14.4. The molecular weight excluding hydrogens is 376 g/mol. The van der Waals surface area contributed by atoms with Crippen molar-refractivity contribution < 1.29 is 18.9 Å². The van der Waals surface area contributed by atoms with Gasteiger partial charge in [0.05, 0.1) is 18.3 Å². The van der Waals surface area contributed by atoms with Crippen LogP contribution in [-0.2, 0) is 18.9 Å². The molecule has 4 fully saturated rings. The zero-order valence-electron chi connectivity index (χ0n) is 20.2. The largest absolute Gasteiger partial charge is 0.356 e. The van der Waals surface area contributed by atoms with E-state index in [1.165, 1.54) is 57.8 Å². The Bertz CT molecular complexity index is 561. The van der Waals surface area contributed by atoms with Crippen LogP contribution in [0.2, 0.25) is 0 Å². The van der Waals surface area contributed by atoms with E-state index in [0.717, 1.165) is 37.2 Å². The fourth-order valence-electron chi connectivity index (χ4n) is 7.88. The molecule has 4 bridgehead atoms. The van der Waals surface area contributed by atoms with Crippen molar-refractivity contribution in [2.45, 2.75) is 123 Å². The van der Waals surface area contributed by atoms with Crippen LogP contribution in [0.5, 0.6) is 0 Å². The van der Waals surface area contributed by atoms with Gasteiger partial charge in [-0.3, -0.25) is 0 Å². The third-order valence-corrected chi connectivity index (χ3v) is 8.82. The highest BCUT2D eigenvalue weighted by molar-refractivity contribution is 5.00. The summed E-state index contributed by atoms with van der Waals surface area (Å²) in [5.41, 5.74) is 0.121. The quantitative estimate of drug-likeness (QED) is 0.429. The molecule has 0 aromatic rings. The van der Waals surface area contributed by atoms with E-state index in [-0.39, 0.29) is 23.6 Å². The predicted molar refractivity (Wildman–Crippen MR) is 119 cm³/mol. The number of hydrogen-bond acceptors (Lipinski definition) is 4. The fourth-order valence-corrected chi connectivity index (χ4v) is 7.88. The summed E-state index contributed by atoms with van der Waals surface area (Å²) < 4.78 is 24.8. The monoisotopic (exact) mass is 422 g/mol. The Labute approximate surface area is 184 Å². The van der Waals surface area contributed by atoms with Crippen molar-refractivity contribution in [1.82, 2.24) is 0 Å². The van der Waals surface area contributed by atoms with Crippen molar-refractivity contribution in [3.8, 4) is 0 Å². The second kappa shape index (κ2) is 9.37. The van der Waals surface area contributed by atoms with Crippen molar-refractivity contribution in [3.63, 3.8) is 0 Å². The molecule has 0 aliphatic heterocycles. The lowest BCUT2D eigenvalue weighted by molar-refractivity contribution is -0.242. The molecule has 4 nitrogen and oxygen atoms in total. The molecule has 4 rings (SSSR count). The van der Waals surface area contributed by atoms with Crippen LogP contribution in [0.15, 0.2) is 0 Å². The Morgan fingerprint density at radius 1 is 0.967 bits per heavy atom. The highest BCUT2D eigenvalue weighted by atomic mass is 16.7. The van der Waals surface area contributed by atoms with Crippen LogP contribution in [0, 0.1) is 29.1 Å². The third-order valence-electron chi connectivity index (χ3n) is 8.82. The van der Waals surface area contributed by atoms with Gasteiger partial charge in [0, 0.05) is 7.11 Å². The highest BCUT2D eigenvalue weighted by Gasteiger charge is 2.49. The maximum absolute atomic E-state index is 6.58. The first-order chi connectivity index (χ1) is 14.3. The minimum atomic E-state index is -0.152. The molecule has 0 spiro atoms. The normalized spacial score (nSPS) is 45.7. The Kier molecular flexibility index (Phi) is 7.19.